The minimum Gasteiger partial charge on any atom is -0.435 e. The third-order valence-corrected chi connectivity index (χ3v) is 4.79. The standard InChI is InChI=1S/C16H9ClF3NO2S/c17-13-11-6-1-8(18)7-12(11)24-14(13)15(22)21-9-2-4-10(5-3-9)23-16(19)20/h1-7,16H,(H,21,22). The van der Waals surface area contributed by atoms with Gasteiger partial charge in [-0.25, -0.2) is 4.39 Å². The lowest BCUT2D eigenvalue weighted by molar-refractivity contribution is -0.0498. The van der Waals surface area contributed by atoms with E-state index in [0.29, 0.717) is 15.8 Å². The lowest BCUT2D eigenvalue weighted by Gasteiger charge is -2.07. The number of halogens is 4. The van der Waals surface area contributed by atoms with Crippen molar-refractivity contribution in [3.05, 3.63) is 58.2 Å². The Kier molecular flexibility index (Phi) is 4.64. The molecule has 0 spiro atoms. The SMILES string of the molecule is O=C(Nc1ccc(OC(F)F)cc1)c1sc2cc(F)ccc2c1Cl. The number of thiophene rings is 1. The van der Waals surface area contributed by atoms with E-state index in [1.807, 2.05) is 0 Å². The van der Waals surface area contributed by atoms with Crippen molar-refractivity contribution in [2.45, 2.75) is 6.61 Å². The van der Waals surface area contributed by atoms with Crippen molar-refractivity contribution in [2.75, 3.05) is 5.32 Å². The molecular weight excluding hydrogens is 363 g/mol. The van der Waals surface area contributed by atoms with Crippen molar-refractivity contribution in [1.29, 1.82) is 0 Å². The van der Waals surface area contributed by atoms with Crippen LogP contribution in [-0.4, -0.2) is 12.5 Å². The minimum atomic E-state index is -2.91. The van der Waals surface area contributed by atoms with Gasteiger partial charge in [0.1, 0.15) is 16.4 Å². The highest BCUT2D eigenvalue weighted by molar-refractivity contribution is 7.21. The van der Waals surface area contributed by atoms with Gasteiger partial charge < -0.3 is 10.1 Å². The van der Waals surface area contributed by atoms with Gasteiger partial charge in [0.15, 0.2) is 0 Å². The predicted octanol–water partition coefficient (Wildman–Crippen LogP) is 5.55. The van der Waals surface area contributed by atoms with Gasteiger partial charge in [0, 0.05) is 15.8 Å². The van der Waals surface area contributed by atoms with E-state index < -0.39 is 18.3 Å². The molecule has 0 aliphatic rings. The van der Waals surface area contributed by atoms with Crippen molar-refractivity contribution >= 4 is 44.6 Å². The Morgan fingerprint density at radius 2 is 1.88 bits per heavy atom. The lowest BCUT2D eigenvalue weighted by atomic mass is 10.2. The highest BCUT2D eigenvalue weighted by atomic mass is 35.5. The molecule has 0 aliphatic carbocycles. The smallest absolute Gasteiger partial charge is 0.387 e. The first-order valence-corrected chi connectivity index (χ1v) is 7.87. The van der Waals surface area contributed by atoms with Crippen LogP contribution < -0.4 is 10.1 Å². The summed E-state index contributed by atoms with van der Waals surface area (Å²) in [5, 5.41) is 3.44. The molecule has 3 rings (SSSR count). The fraction of sp³-hybridized carbons (Fsp3) is 0.0625. The molecule has 0 fully saturated rings. The molecule has 3 aromatic rings. The summed E-state index contributed by atoms with van der Waals surface area (Å²) in [7, 11) is 0. The largest absolute Gasteiger partial charge is 0.435 e. The van der Waals surface area contributed by atoms with Crippen LogP contribution in [0, 0.1) is 5.82 Å². The quantitative estimate of drug-likeness (QED) is 0.653. The molecule has 0 bridgehead atoms. The van der Waals surface area contributed by atoms with E-state index >= 15 is 0 Å². The molecule has 0 atom stereocenters. The normalized spacial score (nSPS) is 11.0. The van der Waals surface area contributed by atoms with Gasteiger partial charge in [-0.2, -0.15) is 8.78 Å². The van der Waals surface area contributed by atoms with Gasteiger partial charge in [-0.3, -0.25) is 4.79 Å². The van der Waals surface area contributed by atoms with E-state index in [1.165, 1.54) is 42.5 Å². The first-order chi connectivity index (χ1) is 11.4. The lowest BCUT2D eigenvalue weighted by Crippen LogP contribution is -2.10. The first-order valence-electron chi connectivity index (χ1n) is 6.68. The third kappa shape index (κ3) is 3.47. The van der Waals surface area contributed by atoms with E-state index in [2.05, 4.69) is 10.1 Å². The summed E-state index contributed by atoms with van der Waals surface area (Å²) in [6, 6.07) is 9.56. The summed E-state index contributed by atoms with van der Waals surface area (Å²) in [6.07, 6.45) is 0. The average Bonchev–Trinajstić information content (AvgIpc) is 2.85. The van der Waals surface area contributed by atoms with E-state index in [-0.39, 0.29) is 15.6 Å². The number of nitrogens with one attached hydrogen (secondary N) is 1. The third-order valence-electron chi connectivity index (χ3n) is 3.14. The van der Waals surface area contributed by atoms with E-state index in [9.17, 15) is 18.0 Å². The highest BCUT2D eigenvalue weighted by Crippen LogP contribution is 2.36. The molecule has 8 heteroatoms. The van der Waals surface area contributed by atoms with Gasteiger partial charge in [-0.15, -0.1) is 11.3 Å². The van der Waals surface area contributed by atoms with E-state index in [0.717, 1.165) is 11.3 Å². The maximum absolute atomic E-state index is 13.3. The van der Waals surface area contributed by atoms with Gasteiger partial charge in [0.2, 0.25) is 0 Å². The summed E-state index contributed by atoms with van der Waals surface area (Å²) >= 11 is 7.25. The zero-order valence-electron chi connectivity index (χ0n) is 11.9. The van der Waals surface area contributed by atoms with Gasteiger partial charge in [-0.05, 0) is 42.5 Å². The summed E-state index contributed by atoms with van der Waals surface area (Å²) in [5.74, 6) is -0.899. The molecule has 1 amide bonds. The zero-order chi connectivity index (χ0) is 17.3. The Balaban J connectivity index is 1.81. The summed E-state index contributed by atoms with van der Waals surface area (Å²) in [5.41, 5.74) is 0.390. The van der Waals surface area contributed by atoms with Crippen LogP contribution in [-0.2, 0) is 0 Å². The van der Waals surface area contributed by atoms with Crippen LogP contribution in [0.2, 0.25) is 5.02 Å². The zero-order valence-corrected chi connectivity index (χ0v) is 13.4. The van der Waals surface area contributed by atoms with Crippen molar-refractivity contribution < 1.29 is 22.7 Å². The number of carbonyl (C=O) groups is 1. The topological polar surface area (TPSA) is 38.3 Å². The van der Waals surface area contributed by atoms with Gasteiger partial charge in [0.25, 0.3) is 5.91 Å². The second-order valence-electron chi connectivity index (χ2n) is 4.74. The summed E-state index contributed by atoms with van der Waals surface area (Å²) in [4.78, 5) is 12.6. The Bertz CT molecular complexity index is 896. The van der Waals surface area contributed by atoms with Crippen LogP contribution in [0.3, 0.4) is 0 Å². The van der Waals surface area contributed by atoms with Crippen LogP contribution in [0.25, 0.3) is 10.1 Å². The van der Waals surface area contributed by atoms with Gasteiger partial charge >= 0.3 is 6.61 Å². The molecular formula is C16H9ClF3NO2S. The van der Waals surface area contributed by atoms with Crippen molar-refractivity contribution in [3.63, 3.8) is 0 Å². The second-order valence-corrected chi connectivity index (χ2v) is 6.17. The molecule has 0 saturated carbocycles. The number of fused-ring (bicyclic) bond motifs is 1. The summed E-state index contributed by atoms with van der Waals surface area (Å²) in [6.45, 7) is -2.91. The molecule has 1 N–H and O–H groups in total. The maximum atomic E-state index is 13.3. The minimum absolute atomic E-state index is 0.0154. The van der Waals surface area contributed by atoms with Crippen molar-refractivity contribution in [3.8, 4) is 5.75 Å². The molecule has 0 aliphatic heterocycles. The molecule has 1 heterocycles. The number of benzene rings is 2. The Morgan fingerprint density at radius 3 is 2.54 bits per heavy atom. The Labute approximate surface area is 143 Å². The van der Waals surface area contributed by atoms with Gasteiger partial charge in [0.05, 0.1) is 5.02 Å². The van der Waals surface area contributed by atoms with Crippen LogP contribution >= 0.6 is 22.9 Å². The van der Waals surface area contributed by atoms with Gasteiger partial charge in [-0.1, -0.05) is 11.6 Å². The number of amides is 1. The fourth-order valence-corrected chi connectivity index (χ4v) is 3.53. The predicted molar refractivity (Wildman–Crippen MR) is 87.8 cm³/mol. The van der Waals surface area contributed by atoms with Crippen LogP contribution in [0.4, 0.5) is 18.9 Å². The van der Waals surface area contributed by atoms with Crippen LogP contribution in [0.5, 0.6) is 5.75 Å². The monoisotopic (exact) mass is 371 g/mol. The molecule has 124 valence electrons. The molecule has 3 nitrogen and oxygen atoms in total. The average molecular weight is 372 g/mol. The Morgan fingerprint density at radius 1 is 1.17 bits per heavy atom. The highest BCUT2D eigenvalue weighted by Gasteiger charge is 2.17. The fourth-order valence-electron chi connectivity index (χ4n) is 2.09. The number of ether oxygens (including phenoxy) is 1. The first kappa shape index (κ1) is 16.6. The number of anilines is 1. The maximum Gasteiger partial charge on any atom is 0.387 e. The second kappa shape index (κ2) is 6.70. The molecule has 0 saturated heterocycles. The van der Waals surface area contributed by atoms with Crippen LogP contribution in [0.1, 0.15) is 9.67 Å². The molecule has 0 radical (unpaired) electrons. The number of hydrogen-bond donors (Lipinski definition) is 1. The van der Waals surface area contributed by atoms with Crippen LogP contribution in [0.15, 0.2) is 42.5 Å². The van der Waals surface area contributed by atoms with E-state index in [1.54, 1.807) is 0 Å². The molecule has 2 aromatic carbocycles. The van der Waals surface area contributed by atoms with Crippen molar-refractivity contribution in [1.82, 2.24) is 0 Å². The van der Waals surface area contributed by atoms with E-state index in [4.69, 9.17) is 11.6 Å². The number of rotatable bonds is 4. The summed E-state index contributed by atoms with van der Waals surface area (Å²) < 4.78 is 42.2. The number of carbonyl (C=O) groups excluding carboxylic acids is 1. The Hall–Kier alpha value is -2.25. The molecule has 0 unspecified atom stereocenters. The number of alkyl halides is 2. The molecule has 24 heavy (non-hydrogen) atoms. The number of hydrogen-bond acceptors (Lipinski definition) is 3. The molecule has 1 aromatic heterocycles. The van der Waals surface area contributed by atoms with Crippen molar-refractivity contribution in [2.24, 2.45) is 0 Å².